The number of carbonyl (C=O) groups excluding carboxylic acids is 1. The van der Waals surface area contributed by atoms with Crippen LogP contribution in [0.3, 0.4) is 0 Å². The third kappa shape index (κ3) is 5.11. The molecule has 7 heteroatoms. The second kappa shape index (κ2) is 10.1. The van der Waals surface area contributed by atoms with Crippen molar-refractivity contribution in [1.29, 1.82) is 0 Å². The summed E-state index contributed by atoms with van der Waals surface area (Å²) in [6.45, 7) is 4.11. The molecule has 2 aromatic heterocycles. The van der Waals surface area contributed by atoms with Crippen LogP contribution in [0.2, 0.25) is 0 Å². The predicted molar refractivity (Wildman–Crippen MR) is 134 cm³/mol. The lowest BCUT2D eigenvalue weighted by molar-refractivity contribution is -0.119. The average Bonchev–Trinajstić information content (AvgIpc) is 3.24. The molecule has 0 aliphatic heterocycles. The van der Waals surface area contributed by atoms with Gasteiger partial charge in [-0.15, -0.1) is 23.1 Å². The van der Waals surface area contributed by atoms with Gasteiger partial charge in [-0.2, -0.15) is 0 Å². The van der Waals surface area contributed by atoms with Crippen LogP contribution in [0.15, 0.2) is 64.8 Å². The molecule has 2 N–H and O–H groups in total. The van der Waals surface area contributed by atoms with Crippen molar-refractivity contribution in [1.82, 2.24) is 15.3 Å². The smallest absolute Gasteiger partial charge is 0.260 e. The largest absolute Gasteiger partial charge is 0.349 e. The molecule has 0 saturated carbocycles. The first-order chi connectivity index (χ1) is 15.5. The number of nitrogens with zero attached hydrogens (tertiary/aromatic N) is 1. The van der Waals surface area contributed by atoms with E-state index in [1.54, 1.807) is 0 Å². The Hall–Kier alpha value is -2.90. The van der Waals surface area contributed by atoms with Crippen molar-refractivity contribution >= 4 is 39.2 Å². The highest BCUT2D eigenvalue weighted by atomic mass is 32.2. The van der Waals surface area contributed by atoms with E-state index in [-0.39, 0.29) is 17.5 Å². The SMILES string of the molecule is CCc1ccc(C(C)NC(=O)CSCc2nc3scc(-c4ccccc4)c3c(=O)[nH]2)cc1. The van der Waals surface area contributed by atoms with Gasteiger partial charge in [-0.3, -0.25) is 9.59 Å². The van der Waals surface area contributed by atoms with E-state index in [0.29, 0.717) is 22.7 Å². The Labute approximate surface area is 195 Å². The van der Waals surface area contributed by atoms with E-state index in [0.717, 1.165) is 27.9 Å². The standard InChI is InChI=1S/C25H25N3O2S2/c1-3-17-9-11-18(12-10-17)16(2)26-22(29)15-31-14-21-27-24(30)23-20(13-32-25(23)28-21)19-7-5-4-6-8-19/h4-13,16H,3,14-15H2,1-2H3,(H,26,29)(H,27,28,30). The molecule has 0 fully saturated rings. The van der Waals surface area contributed by atoms with E-state index < -0.39 is 0 Å². The van der Waals surface area contributed by atoms with Crippen LogP contribution in [-0.2, 0) is 17.0 Å². The fraction of sp³-hybridized carbons (Fsp3) is 0.240. The number of carbonyl (C=O) groups is 1. The van der Waals surface area contributed by atoms with Gasteiger partial charge < -0.3 is 10.3 Å². The van der Waals surface area contributed by atoms with Gasteiger partial charge in [0.2, 0.25) is 5.91 Å². The lowest BCUT2D eigenvalue weighted by Crippen LogP contribution is -2.28. The van der Waals surface area contributed by atoms with Gasteiger partial charge in [0.15, 0.2) is 0 Å². The van der Waals surface area contributed by atoms with Crippen molar-refractivity contribution in [2.75, 3.05) is 5.75 Å². The zero-order valence-corrected chi connectivity index (χ0v) is 19.7. The van der Waals surface area contributed by atoms with Crippen LogP contribution in [0.4, 0.5) is 0 Å². The topological polar surface area (TPSA) is 74.8 Å². The number of thioether (sulfide) groups is 1. The summed E-state index contributed by atoms with van der Waals surface area (Å²) in [5.41, 5.74) is 4.13. The maximum atomic E-state index is 12.7. The highest BCUT2D eigenvalue weighted by Gasteiger charge is 2.14. The Kier molecular flexibility index (Phi) is 7.07. The van der Waals surface area contributed by atoms with Gasteiger partial charge in [0.25, 0.3) is 5.56 Å². The van der Waals surface area contributed by atoms with Crippen LogP contribution in [0.1, 0.15) is 36.8 Å². The third-order valence-corrected chi connectivity index (χ3v) is 7.13. The predicted octanol–water partition coefficient (Wildman–Crippen LogP) is 5.32. The quantitative estimate of drug-likeness (QED) is 0.371. The molecular weight excluding hydrogens is 438 g/mol. The number of aryl methyl sites for hydroxylation is 1. The minimum Gasteiger partial charge on any atom is -0.349 e. The number of aromatic amines is 1. The fourth-order valence-electron chi connectivity index (χ4n) is 3.54. The zero-order valence-electron chi connectivity index (χ0n) is 18.1. The summed E-state index contributed by atoms with van der Waals surface area (Å²) in [6.07, 6.45) is 0.999. The normalized spacial score (nSPS) is 12.1. The van der Waals surface area contributed by atoms with Crippen molar-refractivity contribution in [2.45, 2.75) is 32.1 Å². The first kappa shape index (κ1) is 22.3. The molecule has 0 aliphatic rings. The first-order valence-electron chi connectivity index (χ1n) is 10.6. The molecule has 0 bridgehead atoms. The summed E-state index contributed by atoms with van der Waals surface area (Å²) in [7, 11) is 0. The molecule has 4 rings (SSSR count). The molecule has 2 aromatic carbocycles. The maximum Gasteiger partial charge on any atom is 0.260 e. The molecule has 0 radical (unpaired) electrons. The second-order valence-corrected chi connectivity index (χ2v) is 9.43. The third-order valence-electron chi connectivity index (χ3n) is 5.32. The maximum absolute atomic E-state index is 12.7. The fourth-order valence-corrected chi connectivity index (χ4v) is 5.21. The molecule has 0 spiro atoms. The van der Waals surface area contributed by atoms with Gasteiger partial charge in [0, 0.05) is 10.9 Å². The molecule has 164 valence electrons. The summed E-state index contributed by atoms with van der Waals surface area (Å²) in [4.78, 5) is 33.3. The molecular formula is C25H25N3O2S2. The van der Waals surface area contributed by atoms with Gasteiger partial charge in [-0.25, -0.2) is 4.98 Å². The molecule has 1 unspecified atom stereocenters. The summed E-state index contributed by atoms with van der Waals surface area (Å²) in [6, 6.07) is 18.1. The van der Waals surface area contributed by atoms with Gasteiger partial charge in [0.05, 0.1) is 22.9 Å². The molecule has 5 nitrogen and oxygen atoms in total. The Bertz CT molecular complexity index is 1260. The average molecular weight is 464 g/mol. The summed E-state index contributed by atoms with van der Waals surface area (Å²) in [5, 5.41) is 5.63. The molecule has 2 heterocycles. The van der Waals surface area contributed by atoms with E-state index >= 15 is 0 Å². The monoisotopic (exact) mass is 463 g/mol. The van der Waals surface area contributed by atoms with Gasteiger partial charge >= 0.3 is 0 Å². The molecule has 0 saturated heterocycles. The van der Waals surface area contributed by atoms with E-state index in [9.17, 15) is 9.59 Å². The Balaban J connectivity index is 1.36. The number of H-pyrrole nitrogens is 1. The minimum atomic E-state index is -0.140. The molecule has 1 amide bonds. The van der Waals surface area contributed by atoms with Crippen molar-refractivity contribution in [3.8, 4) is 11.1 Å². The van der Waals surface area contributed by atoms with Gasteiger partial charge in [-0.05, 0) is 30.0 Å². The van der Waals surface area contributed by atoms with E-state index in [1.165, 1.54) is 28.7 Å². The number of rotatable bonds is 8. The van der Waals surface area contributed by atoms with E-state index in [4.69, 9.17) is 0 Å². The van der Waals surface area contributed by atoms with Crippen LogP contribution < -0.4 is 10.9 Å². The second-order valence-electron chi connectivity index (χ2n) is 7.59. The van der Waals surface area contributed by atoms with Gasteiger partial charge in [-0.1, -0.05) is 61.5 Å². The van der Waals surface area contributed by atoms with E-state index in [1.807, 2.05) is 42.6 Å². The lowest BCUT2D eigenvalue weighted by Gasteiger charge is -2.14. The Morgan fingerprint density at radius 2 is 1.91 bits per heavy atom. The number of thiophene rings is 1. The van der Waals surface area contributed by atoms with Crippen LogP contribution >= 0.6 is 23.1 Å². The van der Waals surface area contributed by atoms with Gasteiger partial charge in [0.1, 0.15) is 10.7 Å². The van der Waals surface area contributed by atoms with Crippen molar-refractivity contribution < 1.29 is 4.79 Å². The molecule has 32 heavy (non-hydrogen) atoms. The number of amides is 1. The van der Waals surface area contributed by atoms with E-state index in [2.05, 4.69) is 46.5 Å². The highest BCUT2D eigenvalue weighted by molar-refractivity contribution is 7.99. The van der Waals surface area contributed by atoms with Crippen LogP contribution in [-0.4, -0.2) is 21.6 Å². The van der Waals surface area contributed by atoms with Crippen LogP contribution in [0.25, 0.3) is 21.3 Å². The molecule has 1 atom stereocenters. The number of hydrogen-bond donors (Lipinski definition) is 2. The van der Waals surface area contributed by atoms with Crippen molar-refractivity contribution in [3.63, 3.8) is 0 Å². The Morgan fingerprint density at radius 3 is 2.62 bits per heavy atom. The van der Waals surface area contributed by atoms with Crippen molar-refractivity contribution in [3.05, 3.63) is 87.3 Å². The van der Waals surface area contributed by atoms with Crippen LogP contribution in [0.5, 0.6) is 0 Å². The summed E-state index contributed by atoms with van der Waals surface area (Å²) >= 11 is 2.90. The lowest BCUT2D eigenvalue weighted by atomic mass is 10.1. The zero-order chi connectivity index (χ0) is 22.5. The number of benzene rings is 2. The summed E-state index contributed by atoms with van der Waals surface area (Å²) in [5.74, 6) is 1.33. The van der Waals surface area contributed by atoms with Crippen LogP contribution in [0, 0.1) is 0 Å². The highest BCUT2D eigenvalue weighted by Crippen LogP contribution is 2.30. The Morgan fingerprint density at radius 1 is 1.16 bits per heavy atom. The molecule has 0 aliphatic carbocycles. The molecule has 4 aromatic rings. The minimum absolute atomic E-state index is 0.0343. The number of aromatic nitrogens is 2. The number of fused-ring (bicyclic) bond motifs is 1. The number of nitrogens with one attached hydrogen (secondary N) is 2. The number of hydrogen-bond acceptors (Lipinski definition) is 5. The first-order valence-corrected chi connectivity index (χ1v) is 12.6. The van der Waals surface area contributed by atoms with Crippen molar-refractivity contribution in [2.24, 2.45) is 0 Å². The summed E-state index contributed by atoms with van der Waals surface area (Å²) < 4.78 is 0.